The van der Waals surface area contributed by atoms with Crippen LogP contribution in [0.15, 0.2) is 28.9 Å². The lowest BCUT2D eigenvalue weighted by atomic mass is 10.1. The maximum Gasteiger partial charge on any atom is 0.0266 e. The lowest BCUT2D eigenvalue weighted by Gasteiger charge is -1.99. The third-order valence-corrected chi connectivity index (χ3v) is 1.71. The molecular weight excluding hydrogens is 138 g/mol. The maximum absolute atomic E-state index is 8.02. The number of rotatable bonds is 3. The number of hydrogen-bond donors (Lipinski definition) is 0. The third-order valence-electron chi connectivity index (χ3n) is 1.71. The van der Waals surface area contributed by atoms with Crippen molar-refractivity contribution in [1.29, 1.82) is 0 Å². The van der Waals surface area contributed by atoms with E-state index in [2.05, 4.69) is 35.2 Å². The first-order chi connectivity index (χ1) is 5.33. The first-order valence-electron chi connectivity index (χ1n) is 3.70. The van der Waals surface area contributed by atoms with Gasteiger partial charge in [-0.3, -0.25) is 0 Å². The highest BCUT2D eigenvalue weighted by molar-refractivity contribution is 5.26. The molecule has 0 unspecified atom stereocenters. The average molecular weight is 149 g/mol. The second-order valence-electron chi connectivity index (χ2n) is 2.68. The minimum absolute atomic E-state index is 0.487. The highest BCUT2D eigenvalue weighted by Gasteiger charge is 2.04. The van der Waals surface area contributed by atoms with E-state index in [1.165, 1.54) is 5.57 Å². The van der Waals surface area contributed by atoms with Gasteiger partial charge in [0.2, 0.25) is 0 Å². The Balaban J connectivity index is 2.30. The van der Waals surface area contributed by atoms with E-state index in [0.29, 0.717) is 12.5 Å². The average Bonchev–Trinajstić information content (AvgIpc) is 2.37. The monoisotopic (exact) mass is 149 g/mol. The molecule has 0 heterocycles. The Morgan fingerprint density at radius 2 is 2.55 bits per heavy atom. The Bertz CT molecular complexity index is 234. The third kappa shape index (κ3) is 2.48. The van der Waals surface area contributed by atoms with Crippen molar-refractivity contribution in [3.05, 3.63) is 34.2 Å². The summed E-state index contributed by atoms with van der Waals surface area (Å²) in [6.07, 6.45) is 7.35. The highest BCUT2D eigenvalue weighted by atomic mass is 15.1. The van der Waals surface area contributed by atoms with E-state index in [0.717, 1.165) is 6.42 Å². The zero-order valence-corrected chi connectivity index (χ0v) is 6.57. The zero-order chi connectivity index (χ0) is 8.10. The van der Waals surface area contributed by atoms with Crippen LogP contribution >= 0.6 is 0 Å². The number of hydrogen-bond acceptors (Lipinski definition) is 1. The minimum atomic E-state index is 0.487. The van der Waals surface area contributed by atoms with Crippen LogP contribution in [0.1, 0.15) is 13.3 Å². The molecule has 0 fully saturated rings. The van der Waals surface area contributed by atoms with Crippen molar-refractivity contribution < 1.29 is 0 Å². The number of allylic oxidation sites excluding steroid dienone is 4. The fraction of sp³-hybridized carbons (Fsp3) is 0.500. The Labute approximate surface area is 66.0 Å². The molecule has 11 heavy (non-hydrogen) atoms. The summed E-state index contributed by atoms with van der Waals surface area (Å²) in [6.45, 7) is 2.67. The molecule has 0 saturated carbocycles. The summed E-state index contributed by atoms with van der Waals surface area (Å²) in [6, 6.07) is 0. The van der Waals surface area contributed by atoms with Gasteiger partial charge in [-0.25, -0.2) is 0 Å². The molecule has 0 saturated heterocycles. The van der Waals surface area contributed by atoms with E-state index >= 15 is 0 Å². The zero-order valence-electron chi connectivity index (χ0n) is 6.57. The molecule has 3 heteroatoms. The quantitative estimate of drug-likeness (QED) is 0.336. The predicted molar refractivity (Wildman–Crippen MR) is 45.0 cm³/mol. The van der Waals surface area contributed by atoms with Crippen molar-refractivity contribution in [2.24, 2.45) is 11.0 Å². The van der Waals surface area contributed by atoms with Gasteiger partial charge in [0.15, 0.2) is 0 Å². The van der Waals surface area contributed by atoms with Crippen LogP contribution in [0, 0.1) is 5.92 Å². The van der Waals surface area contributed by atoms with Gasteiger partial charge >= 0.3 is 0 Å². The fourth-order valence-electron chi connectivity index (χ4n) is 1.16. The molecule has 1 atom stereocenters. The van der Waals surface area contributed by atoms with Gasteiger partial charge in [-0.1, -0.05) is 28.9 Å². The predicted octanol–water partition coefficient (Wildman–Crippen LogP) is 2.82. The van der Waals surface area contributed by atoms with E-state index in [1.807, 2.05) is 0 Å². The van der Waals surface area contributed by atoms with Crippen molar-refractivity contribution in [2.75, 3.05) is 6.54 Å². The summed E-state index contributed by atoms with van der Waals surface area (Å²) in [7, 11) is 0. The van der Waals surface area contributed by atoms with Crippen LogP contribution in [0.25, 0.3) is 10.4 Å². The van der Waals surface area contributed by atoms with Crippen molar-refractivity contribution in [2.45, 2.75) is 13.3 Å². The molecule has 0 amide bonds. The van der Waals surface area contributed by atoms with E-state index in [-0.39, 0.29) is 0 Å². The molecule has 1 aliphatic carbocycles. The minimum Gasteiger partial charge on any atom is -0.0939 e. The molecule has 3 nitrogen and oxygen atoms in total. The smallest absolute Gasteiger partial charge is 0.0266 e. The SMILES string of the molecule is CC1=C[C@H](CCN=[N+]=[N-])C=C1. The molecule has 0 aromatic rings. The Hall–Kier alpha value is -1.21. The van der Waals surface area contributed by atoms with Crippen LogP contribution in [0.3, 0.4) is 0 Å². The normalized spacial score (nSPS) is 21.2. The van der Waals surface area contributed by atoms with Gasteiger partial charge in [0.25, 0.3) is 0 Å². The Morgan fingerprint density at radius 3 is 3.09 bits per heavy atom. The Morgan fingerprint density at radius 1 is 1.73 bits per heavy atom. The van der Waals surface area contributed by atoms with Gasteiger partial charge in [-0.2, -0.15) is 0 Å². The molecule has 1 aliphatic rings. The topological polar surface area (TPSA) is 48.8 Å². The van der Waals surface area contributed by atoms with Crippen molar-refractivity contribution in [1.82, 2.24) is 0 Å². The largest absolute Gasteiger partial charge is 0.0939 e. The molecule has 0 aromatic carbocycles. The van der Waals surface area contributed by atoms with Gasteiger partial charge in [-0.05, 0) is 24.8 Å². The second-order valence-corrected chi connectivity index (χ2v) is 2.68. The van der Waals surface area contributed by atoms with Gasteiger partial charge in [-0.15, -0.1) is 0 Å². The summed E-state index contributed by atoms with van der Waals surface area (Å²) in [5.41, 5.74) is 9.32. The van der Waals surface area contributed by atoms with E-state index < -0.39 is 0 Å². The summed E-state index contributed by atoms with van der Waals surface area (Å²) < 4.78 is 0. The van der Waals surface area contributed by atoms with E-state index in [1.54, 1.807) is 0 Å². The maximum atomic E-state index is 8.02. The van der Waals surface area contributed by atoms with Gasteiger partial charge < -0.3 is 0 Å². The Kier molecular flexibility index (Phi) is 2.75. The lowest BCUT2D eigenvalue weighted by molar-refractivity contribution is 0.723. The number of nitrogens with zero attached hydrogens (tertiary/aromatic N) is 3. The molecule has 1 rings (SSSR count). The summed E-state index contributed by atoms with van der Waals surface area (Å²) in [5, 5.41) is 3.48. The van der Waals surface area contributed by atoms with Gasteiger partial charge in [0.05, 0.1) is 0 Å². The lowest BCUT2D eigenvalue weighted by Crippen LogP contribution is -1.91. The second kappa shape index (κ2) is 3.84. The molecule has 0 radical (unpaired) electrons. The molecule has 0 aliphatic heterocycles. The summed E-state index contributed by atoms with van der Waals surface area (Å²) >= 11 is 0. The first kappa shape index (κ1) is 7.89. The molecule has 0 spiro atoms. The highest BCUT2D eigenvalue weighted by Crippen LogP contribution is 2.18. The molecular formula is C8H11N3. The van der Waals surface area contributed by atoms with Crippen LogP contribution in [-0.4, -0.2) is 6.54 Å². The van der Waals surface area contributed by atoms with Crippen molar-refractivity contribution in [3.63, 3.8) is 0 Å². The van der Waals surface area contributed by atoms with Crippen molar-refractivity contribution >= 4 is 0 Å². The molecule has 0 bridgehead atoms. The molecule has 58 valence electrons. The van der Waals surface area contributed by atoms with Gasteiger partial charge in [0, 0.05) is 11.5 Å². The standard InChI is InChI=1S/C8H11N3/c1-7-2-3-8(6-7)4-5-10-11-9/h2-3,6,8H,4-5H2,1H3/t8-/m0/s1. The van der Waals surface area contributed by atoms with Crippen LogP contribution in [0.2, 0.25) is 0 Å². The first-order valence-corrected chi connectivity index (χ1v) is 3.70. The summed E-state index contributed by atoms with van der Waals surface area (Å²) in [4.78, 5) is 2.70. The van der Waals surface area contributed by atoms with Gasteiger partial charge in [0.1, 0.15) is 0 Å². The van der Waals surface area contributed by atoms with Crippen LogP contribution in [-0.2, 0) is 0 Å². The molecule has 0 aromatic heterocycles. The number of azide groups is 1. The van der Waals surface area contributed by atoms with Crippen LogP contribution in [0.4, 0.5) is 0 Å². The van der Waals surface area contributed by atoms with E-state index in [9.17, 15) is 0 Å². The van der Waals surface area contributed by atoms with Crippen LogP contribution < -0.4 is 0 Å². The fourth-order valence-corrected chi connectivity index (χ4v) is 1.16. The van der Waals surface area contributed by atoms with E-state index in [4.69, 9.17) is 5.53 Å². The molecule has 0 N–H and O–H groups in total. The van der Waals surface area contributed by atoms with Crippen LogP contribution in [0.5, 0.6) is 0 Å². The van der Waals surface area contributed by atoms with Crippen molar-refractivity contribution in [3.8, 4) is 0 Å². The summed E-state index contributed by atoms with van der Waals surface area (Å²) in [5.74, 6) is 0.487.